The first-order valence-corrected chi connectivity index (χ1v) is 7.92. The summed E-state index contributed by atoms with van der Waals surface area (Å²) in [6.45, 7) is 1.37. The highest BCUT2D eigenvalue weighted by Crippen LogP contribution is 2.28. The highest BCUT2D eigenvalue weighted by molar-refractivity contribution is 5.96. The molecule has 0 aliphatic heterocycles. The molecule has 1 aromatic rings. The lowest BCUT2D eigenvalue weighted by Crippen LogP contribution is -2.47. The largest absolute Gasteiger partial charge is 0.474 e. The Bertz CT molecular complexity index is 684. The Morgan fingerprint density at radius 2 is 2.04 bits per heavy atom. The number of nitro groups is 1. The van der Waals surface area contributed by atoms with E-state index in [-0.39, 0.29) is 17.4 Å². The van der Waals surface area contributed by atoms with Gasteiger partial charge in [0.05, 0.1) is 4.92 Å². The number of carbonyl (C=O) groups excluding carboxylic acids is 3. The van der Waals surface area contributed by atoms with E-state index in [0.717, 1.165) is 31.7 Å². The number of aldehydes is 1. The molecule has 9 nitrogen and oxygen atoms in total. The van der Waals surface area contributed by atoms with Gasteiger partial charge in [-0.1, -0.05) is 12.8 Å². The van der Waals surface area contributed by atoms with Crippen LogP contribution in [0.4, 0.5) is 10.5 Å². The Morgan fingerprint density at radius 1 is 1.36 bits per heavy atom. The first-order valence-electron chi connectivity index (χ1n) is 7.92. The van der Waals surface area contributed by atoms with E-state index in [1.165, 1.54) is 19.1 Å². The third-order valence-corrected chi connectivity index (χ3v) is 3.92. The molecule has 1 saturated carbocycles. The van der Waals surface area contributed by atoms with Gasteiger partial charge in [-0.3, -0.25) is 25.0 Å². The van der Waals surface area contributed by atoms with E-state index < -0.39 is 28.7 Å². The van der Waals surface area contributed by atoms with Gasteiger partial charge in [-0.2, -0.15) is 0 Å². The summed E-state index contributed by atoms with van der Waals surface area (Å²) in [5.41, 5.74) is -0.313. The van der Waals surface area contributed by atoms with Crippen molar-refractivity contribution in [1.82, 2.24) is 10.6 Å². The predicted octanol–water partition coefficient (Wildman–Crippen LogP) is 1.94. The molecule has 1 aromatic carbocycles. The number of rotatable bonds is 6. The van der Waals surface area contributed by atoms with Gasteiger partial charge < -0.3 is 10.1 Å². The summed E-state index contributed by atoms with van der Waals surface area (Å²) in [6.07, 6.45) is 3.18. The van der Waals surface area contributed by atoms with E-state index in [9.17, 15) is 24.5 Å². The van der Waals surface area contributed by atoms with Crippen LogP contribution in [0.25, 0.3) is 0 Å². The number of nitro benzene ring substituents is 1. The molecule has 0 heterocycles. The molecule has 1 fully saturated rings. The van der Waals surface area contributed by atoms with Crippen LogP contribution in [-0.4, -0.2) is 35.3 Å². The summed E-state index contributed by atoms with van der Waals surface area (Å²) in [7, 11) is 0. The molecular weight excluding hydrogens is 330 g/mol. The molecule has 0 radical (unpaired) electrons. The summed E-state index contributed by atoms with van der Waals surface area (Å²) in [4.78, 5) is 44.9. The van der Waals surface area contributed by atoms with Crippen LogP contribution in [-0.2, 0) is 4.79 Å². The fourth-order valence-electron chi connectivity index (χ4n) is 2.60. The molecule has 3 amide bonds. The quantitative estimate of drug-likeness (QED) is 0.459. The zero-order valence-electron chi connectivity index (χ0n) is 13.7. The summed E-state index contributed by atoms with van der Waals surface area (Å²) in [5.74, 6) is -0.876. The number of imide groups is 1. The van der Waals surface area contributed by atoms with E-state index in [0.29, 0.717) is 6.29 Å². The maximum atomic E-state index is 12.0. The van der Waals surface area contributed by atoms with Crippen molar-refractivity contribution in [2.45, 2.75) is 44.8 Å². The monoisotopic (exact) mass is 349 g/mol. The van der Waals surface area contributed by atoms with Gasteiger partial charge in [-0.25, -0.2) is 4.79 Å². The molecule has 0 bridgehead atoms. The van der Waals surface area contributed by atoms with Crippen LogP contribution < -0.4 is 15.4 Å². The number of hydrogen-bond acceptors (Lipinski definition) is 6. The van der Waals surface area contributed by atoms with Crippen LogP contribution in [0.5, 0.6) is 5.75 Å². The number of urea groups is 1. The molecule has 1 aliphatic carbocycles. The van der Waals surface area contributed by atoms with Crippen LogP contribution in [0.3, 0.4) is 0 Å². The second-order valence-corrected chi connectivity index (χ2v) is 5.81. The third-order valence-electron chi connectivity index (χ3n) is 3.92. The predicted molar refractivity (Wildman–Crippen MR) is 87.5 cm³/mol. The summed E-state index contributed by atoms with van der Waals surface area (Å²) < 4.78 is 5.29. The molecule has 0 unspecified atom stereocenters. The second-order valence-electron chi connectivity index (χ2n) is 5.81. The summed E-state index contributed by atoms with van der Waals surface area (Å²) in [5, 5.41) is 15.9. The Labute approximate surface area is 143 Å². The standard InChI is InChI=1S/C16H19N3O6/c1-10(15(21)18-16(22)17-12-4-2-3-5-12)25-14-7-6-11(9-20)8-13(14)19(23)24/h6-10,12H,2-5H2,1H3,(H2,17,18,21,22)/t10-/m1/s1. The molecule has 25 heavy (non-hydrogen) atoms. The fraction of sp³-hybridized carbons (Fsp3) is 0.438. The Hall–Kier alpha value is -2.97. The summed E-state index contributed by atoms with van der Waals surface area (Å²) in [6, 6.07) is 3.08. The average Bonchev–Trinajstić information content (AvgIpc) is 3.07. The normalized spacial score (nSPS) is 15.2. The van der Waals surface area contributed by atoms with Gasteiger partial charge in [-0.15, -0.1) is 0 Å². The molecule has 2 N–H and O–H groups in total. The smallest absolute Gasteiger partial charge is 0.321 e. The minimum Gasteiger partial charge on any atom is -0.474 e. The van der Waals surface area contributed by atoms with E-state index in [1.807, 2.05) is 0 Å². The number of carbonyl (C=O) groups is 3. The molecular formula is C16H19N3O6. The van der Waals surface area contributed by atoms with E-state index in [2.05, 4.69) is 10.6 Å². The van der Waals surface area contributed by atoms with Crippen molar-refractivity contribution in [2.24, 2.45) is 0 Å². The van der Waals surface area contributed by atoms with E-state index >= 15 is 0 Å². The zero-order chi connectivity index (χ0) is 18.4. The molecule has 9 heteroatoms. The molecule has 1 atom stereocenters. The van der Waals surface area contributed by atoms with Crippen molar-refractivity contribution in [3.63, 3.8) is 0 Å². The van der Waals surface area contributed by atoms with Crippen molar-refractivity contribution < 1.29 is 24.0 Å². The van der Waals surface area contributed by atoms with Gasteiger partial charge >= 0.3 is 11.7 Å². The van der Waals surface area contributed by atoms with Gasteiger partial charge in [0.15, 0.2) is 11.9 Å². The summed E-state index contributed by atoms with van der Waals surface area (Å²) >= 11 is 0. The first kappa shape index (κ1) is 18.4. The molecule has 0 saturated heterocycles. The topological polar surface area (TPSA) is 128 Å². The number of nitrogens with one attached hydrogen (secondary N) is 2. The molecule has 2 rings (SSSR count). The number of benzene rings is 1. The molecule has 0 aromatic heterocycles. The molecule has 0 spiro atoms. The Kier molecular flexibility index (Phi) is 6.04. The van der Waals surface area contributed by atoms with Crippen molar-refractivity contribution in [3.8, 4) is 5.75 Å². The van der Waals surface area contributed by atoms with Crippen LogP contribution in [0.15, 0.2) is 18.2 Å². The Balaban J connectivity index is 1.97. The van der Waals surface area contributed by atoms with Gasteiger partial charge in [0.1, 0.15) is 6.29 Å². The molecule has 134 valence electrons. The first-order chi connectivity index (χ1) is 11.9. The zero-order valence-corrected chi connectivity index (χ0v) is 13.7. The number of nitrogens with zero attached hydrogens (tertiary/aromatic N) is 1. The van der Waals surface area contributed by atoms with Crippen molar-refractivity contribution in [3.05, 3.63) is 33.9 Å². The van der Waals surface area contributed by atoms with Crippen LogP contribution in [0, 0.1) is 10.1 Å². The number of ether oxygens (including phenoxy) is 1. The maximum absolute atomic E-state index is 12.0. The lowest BCUT2D eigenvalue weighted by atomic mass is 10.2. The van der Waals surface area contributed by atoms with Gasteiger partial charge in [0, 0.05) is 17.7 Å². The third kappa shape index (κ3) is 5.00. The van der Waals surface area contributed by atoms with Gasteiger partial charge in [0.2, 0.25) is 0 Å². The maximum Gasteiger partial charge on any atom is 0.321 e. The highest BCUT2D eigenvalue weighted by atomic mass is 16.6. The highest BCUT2D eigenvalue weighted by Gasteiger charge is 2.24. The van der Waals surface area contributed by atoms with E-state index in [4.69, 9.17) is 4.74 Å². The lowest BCUT2D eigenvalue weighted by Gasteiger charge is -2.16. The van der Waals surface area contributed by atoms with Crippen molar-refractivity contribution in [2.75, 3.05) is 0 Å². The van der Waals surface area contributed by atoms with Crippen LogP contribution in [0.1, 0.15) is 43.0 Å². The molecule has 1 aliphatic rings. The van der Waals surface area contributed by atoms with Crippen LogP contribution in [0.2, 0.25) is 0 Å². The van der Waals surface area contributed by atoms with Crippen molar-refractivity contribution in [1.29, 1.82) is 0 Å². The minimum atomic E-state index is -1.13. The fourth-order valence-corrected chi connectivity index (χ4v) is 2.60. The number of hydrogen-bond donors (Lipinski definition) is 2. The van der Waals surface area contributed by atoms with E-state index in [1.54, 1.807) is 0 Å². The average molecular weight is 349 g/mol. The lowest BCUT2D eigenvalue weighted by molar-refractivity contribution is -0.386. The SMILES string of the molecule is C[C@@H](Oc1ccc(C=O)cc1[N+](=O)[O-])C(=O)NC(=O)NC1CCCC1. The second kappa shape index (κ2) is 8.22. The number of amides is 3. The van der Waals surface area contributed by atoms with Crippen molar-refractivity contribution >= 4 is 23.9 Å². The van der Waals surface area contributed by atoms with Gasteiger partial charge in [-0.05, 0) is 31.9 Å². The van der Waals surface area contributed by atoms with Gasteiger partial charge in [0.25, 0.3) is 5.91 Å². The van der Waals surface area contributed by atoms with Crippen LogP contribution >= 0.6 is 0 Å². The Morgan fingerprint density at radius 3 is 2.64 bits per heavy atom. The minimum absolute atomic E-state index is 0.0565.